The van der Waals surface area contributed by atoms with Crippen LogP contribution < -0.4 is 0 Å². The molecule has 2 aromatic rings. The normalized spacial score (nSPS) is 11.8. The maximum atomic E-state index is 13.2. The van der Waals surface area contributed by atoms with Gasteiger partial charge in [-0.2, -0.15) is 18.3 Å². The third-order valence-electron chi connectivity index (χ3n) is 3.08. The summed E-state index contributed by atoms with van der Waals surface area (Å²) in [5, 5.41) is 7.11. The number of esters is 1. The van der Waals surface area contributed by atoms with Gasteiger partial charge in [-0.3, -0.25) is 4.68 Å². The van der Waals surface area contributed by atoms with Gasteiger partial charge in [0.15, 0.2) is 5.69 Å². The topological polar surface area (TPSA) is 65.7 Å². The van der Waals surface area contributed by atoms with Gasteiger partial charge in [-0.05, 0) is 12.1 Å². The second-order valence-electron chi connectivity index (χ2n) is 4.70. The summed E-state index contributed by atoms with van der Waals surface area (Å²) in [6.45, 7) is 0. The standard InChI is InChI=1S/C15H14F3N3O3S/c1-21-13(10(8-19-24-3)12(20-21)15(16,17)18)25-11-7-5-4-6-9(11)14(22)23-2/h4-8H,1-3H3/b19-8-. The Balaban J connectivity index is 2.56. The number of aromatic nitrogens is 2. The molecule has 0 atom stereocenters. The number of nitrogens with zero attached hydrogens (tertiary/aromatic N) is 3. The zero-order chi connectivity index (χ0) is 18.6. The zero-order valence-corrected chi connectivity index (χ0v) is 14.3. The number of oxime groups is 1. The average molecular weight is 373 g/mol. The molecule has 0 amide bonds. The van der Waals surface area contributed by atoms with Crippen LogP contribution in [-0.2, 0) is 22.8 Å². The number of hydrogen-bond acceptors (Lipinski definition) is 6. The summed E-state index contributed by atoms with van der Waals surface area (Å²) in [6.07, 6.45) is -3.72. The number of rotatable bonds is 5. The molecular formula is C15H14F3N3O3S. The Morgan fingerprint density at radius 2 is 2.00 bits per heavy atom. The van der Waals surface area contributed by atoms with E-state index in [1.165, 1.54) is 27.3 Å². The molecule has 1 heterocycles. The summed E-state index contributed by atoms with van der Waals surface area (Å²) in [5.74, 6) is -0.589. The molecule has 0 saturated heterocycles. The van der Waals surface area contributed by atoms with Crippen LogP contribution in [0, 0.1) is 0 Å². The van der Waals surface area contributed by atoms with Gasteiger partial charge >= 0.3 is 12.1 Å². The van der Waals surface area contributed by atoms with E-state index < -0.39 is 17.8 Å². The minimum Gasteiger partial charge on any atom is -0.465 e. The van der Waals surface area contributed by atoms with Crippen molar-refractivity contribution in [3.05, 3.63) is 41.1 Å². The highest BCUT2D eigenvalue weighted by molar-refractivity contribution is 7.99. The van der Waals surface area contributed by atoms with Crippen LogP contribution in [0.3, 0.4) is 0 Å². The van der Waals surface area contributed by atoms with Crippen LogP contribution in [0.25, 0.3) is 0 Å². The van der Waals surface area contributed by atoms with Crippen LogP contribution in [0.1, 0.15) is 21.6 Å². The van der Waals surface area contributed by atoms with Gasteiger partial charge in [0.25, 0.3) is 0 Å². The molecule has 2 rings (SSSR count). The first-order chi connectivity index (χ1) is 11.8. The van der Waals surface area contributed by atoms with Gasteiger partial charge in [-0.25, -0.2) is 4.79 Å². The lowest BCUT2D eigenvalue weighted by Crippen LogP contribution is -2.09. The van der Waals surface area contributed by atoms with E-state index in [1.54, 1.807) is 18.2 Å². The molecule has 0 N–H and O–H groups in total. The van der Waals surface area contributed by atoms with Crippen LogP contribution in [0.15, 0.2) is 39.3 Å². The number of aryl methyl sites for hydroxylation is 1. The van der Waals surface area contributed by atoms with Crippen molar-refractivity contribution < 1.29 is 27.5 Å². The maximum absolute atomic E-state index is 13.2. The largest absolute Gasteiger partial charge is 0.465 e. The van der Waals surface area contributed by atoms with E-state index >= 15 is 0 Å². The van der Waals surface area contributed by atoms with Gasteiger partial charge in [0.2, 0.25) is 0 Å². The molecule has 1 aromatic heterocycles. The fourth-order valence-corrected chi connectivity index (χ4v) is 3.06. The predicted molar refractivity (Wildman–Crippen MR) is 84.7 cm³/mol. The molecule has 1 aromatic carbocycles. The first-order valence-electron chi connectivity index (χ1n) is 6.85. The Kier molecular flexibility index (Phi) is 5.73. The number of benzene rings is 1. The van der Waals surface area contributed by atoms with Crippen LogP contribution in [0.2, 0.25) is 0 Å². The highest BCUT2D eigenvalue weighted by Crippen LogP contribution is 2.38. The summed E-state index contributed by atoms with van der Waals surface area (Å²) in [5.41, 5.74) is -1.10. The van der Waals surface area contributed by atoms with Crippen LogP contribution in [0.5, 0.6) is 0 Å². The van der Waals surface area contributed by atoms with Crippen molar-refractivity contribution in [2.24, 2.45) is 12.2 Å². The van der Waals surface area contributed by atoms with E-state index in [9.17, 15) is 18.0 Å². The molecule has 0 fully saturated rings. The number of hydrogen-bond donors (Lipinski definition) is 0. The Bertz CT molecular complexity index is 803. The van der Waals surface area contributed by atoms with Crippen LogP contribution in [-0.4, -0.2) is 36.2 Å². The van der Waals surface area contributed by atoms with Crippen LogP contribution in [0.4, 0.5) is 13.2 Å². The molecule has 10 heteroatoms. The lowest BCUT2D eigenvalue weighted by molar-refractivity contribution is -0.141. The lowest BCUT2D eigenvalue weighted by atomic mass is 10.2. The lowest BCUT2D eigenvalue weighted by Gasteiger charge is -2.08. The smallest absolute Gasteiger partial charge is 0.435 e. The monoisotopic (exact) mass is 373 g/mol. The molecule has 0 unspecified atom stereocenters. The number of carbonyl (C=O) groups is 1. The minimum atomic E-state index is -4.66. The fraction of sp³-hybridized carbons (Fsp3) is 0.267. The Labute approximate surface area is 145 Å². The average Bonchev–Trinajstić information content (AvgIpc) is 2.89. The maximum Gasteiger partial charge on any atom is 0.435 e. The van der Waals surface area contributed by atoms with E-state index in [0.717, 1.165) is 22.7 Å². The highest BCUT2D eigenvalue weighted by Gasteiger charge is 2.39. The number of halogens is 3. The summed E-state index contributed by atoms with van der Waals surface area (Å²) < 4.78 is 45.4. The Morgan fingerprint density at radius 3 is 2.60 bits per heavy atom. The molecule has 0 aliphatic rings. The second kappa shape index (κ2) is 7.60. The quantitative estimate of drug-likeness (QED) is 0.457. The van der Waals surface area contributed by atoms with Gasteiger partial charge in [-0.1, -0.05) is 29.1 Å². The molecule has 0 spiro atoms. The fourth-order valence-electron chi connectivity index (χ4n) is 2.02. The molecule has 0 aliphatic heterocycles. The number of carbonyl (C=O) groups excluding carboxylic acids is 1. The van der Waals surface area contributed by atoms with Crippen molar-refractivity contribution in [2.45, 2.75) is 16.1 Å². The van der Waals surface area contributed by atoms with Crippen molar-refractivity contribution in [1.29, 1.82) is 0 Å². The van der Waals surface area contributed by atoms with Crippen molar-refractivity contribution in [2.75, 3.05) is 14.2 Å². The molecule has 134 valence electrons. The van der Waals surface area contributed by atoms with Gasteiger partial charge in [-0.15, -0.1) is 0 Å². The molecule has 0 radical (unpaired) electrons. The van der Waals surface area contributed by atoms with E-state index in [-0.39, 0.29) is 16.2 Å². The Morgan fingerprint density at radius 1 is 1.32 bits per heavy atom. The minimum absolute atomic E-state index is 0.157. The highest BCUT2D eigenvalue weighted by atomic mass is 32.2. The van der Waals surface area contributed by atoms with Gasteiger partial charge in [0.1, 0.15) is 12.1 Å². The third-order valence-corrected chi connectivity index (χ3v) is 4.34. The van der Waals surface area contributed by atoms with E-state index in [0.29, 0.717) is 4.90 Å². The zero-order valence-electron chi connectivity index (χ0n) is 13.5. The molecular weight excluding hydrogens is 359 g/mol. The van der Waals surface area contributed by atoms with Crippen molar-refractivity contribution in [3.8, 4) is 0 Å². The molecule has 6 nitrogen and oxygen atoms in total. The summed E-state index contributed by atoms with van der Waals surface area (Å²) in [7, 11) is 3.83. The first-order valence-corrected chi connectivity index (χ1v) is 7.67. The molecule has 0 saturated carbocycles. The number of ether oxygens (including phenoxy) is 1. The van der Waals surface area contributed by atoms with Crippen molar-refractivity contribution in [3.63, 3.8) is 0 Å². The number of methoxy groups -OCH3 is 1. The SMILES string of the molecule is CO/N=C\c1c(C(F)(F)F)nn(C)c1Sc1ccccc1C(=O)OC. The Hall–Kier alpha value is -2.49. The summed E-state index contributed by atoms with van der Waals surface area (Å²) in [6, 6.07) is 6.43. The van der Waals surface area contributed by atoms with E-state index in [2.05, 4.69) is 15.1 Å². The molecule has 0 aliphatic carbocycles. The number of alkyl halides is 3. The van der Waals surface area contributed by atoms with Crippen molar-refractivity contribution in [1.82, 2.24) is 9.78 Å². The molecule has 25 heavy (non-hydrogen) atoms. The summed E-state index contributed by atoms with van der Waals surface area (Å²) >= 11 is 0.951. The van der Waals surface area contributed by atoms with E-state index in [1.807, 2.05) is 0 Å². The van der Waals surface area contributed by atoms with Gasteiger partial charge < -0.3 is 9.57 Å². The third kappa shape index (κ3) is 4.13. The van der Waals surface area contributed by atoms with Crippen LogP contribution >= 0.6 is 11.8 Å². The second-order valence-corrected chi connectivity index (χ2v) is 5.73. The van der Waals surface area contributed by atoms with E-state index in [4.69, 9.17) is 4.74 Å². The molecule has 0 bridgehead atoms. The van der Waals surface area contributed by atoms with Gasteiger partial charge in [0.05, 0.1) is 24.5 Å². The van der Waals surface area contributed by atoms with Crippen molar-refractivity contribution >= 4 is 23.9 Å². The predicted octanol–water partition coefficient (Wildman–Crippen LogP) is 3.36. The first kappa shape index (κ1) is 18.8. The summed E-state index contributed by atoms with van der Waals surface area (Å²) in [4.78, 5) is 16.8. The van der Waals surface area contributed by atoms with Gasteiger partial charge in [0, 0.05) is 11.9 Å².